The lowest BCUT2D eigenvalue weighted by Crippen LogP contribution is -2.54. The van der Waals surface area contributed by atoms with Crippen LogP contribution in [0.4, 0.5) is 5.69 Å². The second kappa shape index (κ2) is 11.1. The Bertz CT molecular complexity index is 1230. The number of hydrogen-bond acceptors (Lipinski definition) is 6. The van der Waals surface area contributed by atoms with E-state index in [1.165, 1.54) is 11.0 Å². The first-order valence-electron chi connectivity index (χ1n) is 11.5. The number of amides is 2. The lowest BCUT2D eigenvalue weighted by atomic mass is 10.1. The summed E-state index contributed by atoms with van der Waals surface area (Å²) in [4.78, 5) is 28.0. The van der Waals surface area contributed by atoms with Gasteiger partial charge < -0.3 is 19.7 Å². The van der Waals surface area contributed by atoms with Gasteiger partial charge in [0, 0.05) is 22.6 Å². The first kappa shape index (κ1) is 27.8. The van der Waals surface area contributed by atoms with Crippen molar-refractivity contribution in [2.75, 3.05) is 30.3 Å². The molecule has 0 radical (unpaired) electrons. The van der Waals surface area contributed by atoms with Crippen LogP contribution in [0.15, 0.2) is 46.9 Å². The fourth-order valence-electron chi connectivity index (χ4n) is 3.69. The van der Waals surface area contributed by atoms with Crippen molar-refractivity contribution in [3.8, 4) is 11.5 Å². The van der Waals surface area contributed by atoms with Crippen molar-refractivity contribution < 1.29 is 27.5 Å². The van der Waals surface area contributed by atoms with E-state index in [0.29, 0.717) is 24.7 Å². The van der Waals surface area contributed by atoms with Gasteiger partial charge in [-0.1, -0.05) is 28.1 Å². The number of ether oxygens (including phenoxy) is 2. The van der Waals surface area contributed by atoms with Crippen LogP contribution >= 0.6 is 15.9 Å². The largest absolute Gasteiger partial charge is 0.486 e. The third-order valence-corrected chi connectivity index (χ3v) is 7.03. The zero-order valence-corrected chi connectivity index (χ0v) is 23.5. The summed E-state index contributed by atoms with van der Waals surface area (Å²) in [7, 11) is -3.85. The fourth-order valence-corrected chi connectivity index (χ4v) is 4.98. The summed E-state index contributed by atoms with van der Waals surface area (Å²) in [6, 6.07) is 11.3. The Labute approximate surface area is 220 Å². The molecule has 1 aliphatic heterocycles. The molecule has 1 unspecified atom stereocenters. The number of fused-ring (bicyclic) bond motifs is 1. The first-order chi connectivity index (χ1) is 16.7. The first-order valence-corrected chi connectivity index (χ1v) is 14.1. The molecule has 0 aromatic heterocycles. The van der Waals surface area contributed by atoms with E-state index >= 15 is 0 Å². The van der Waals surface area contributed by atoms with E-state index in [1.54, 1.807) is 19.1 Å². The van der Waals surface area contributed by atoms with Gasteiger partial charge in [0.1, 0.15) is 25.8 Å². The molecule has 9 nitrogen and oxygen atoms in total. The van der Waals surface area contributed by atoms with Crippen LogP contribution in [0.25, 0.3) is 0 Å². The number of sulfonamides is 1. The van der Waals surface area contributed by atoms with E-state index in [4.69, 9.17) is 9.47 Å². The highest BCUT2D eigenvalue weighted by Gasteiger charge is 2.32. The Kier molecular flexibility index (Phi) is 8.55. The van der Waals surface area contributed by atoms with Crippen molar-refractivity contribution in [3.63, 3.8) is 0 Å². The van der Waals surface area contributed by atoms with Gasteiger partial charge in [-0.05, 0) is 57.5 Å². The van der Waals surface area contributed by atoms with Crippen molar-refractivity contribution in [1.82, 2.24) is 10.2 Å². The van der Waals surface area contributed by atoms with Gasteiger partial charge in [0.2, 0.25) is 21.8 Å². The van der Waals surface area contributed by atoms with Crippen molar-refractivity contribution in [2.24, 2.45) is 0 Å². The van der Waals surface area contributed by atoms with Gasteiger partial charge in [-0.2, -0.15) is 0 Å². The molecule has 3 rings (SSSR count). The molecule has 2 aromatic carbocycles. The Morgan fingerprint density at radius 3 is 2.36 bits per heavy atom. The van der Waals surface area contributed by atoms with Crippen LogP contribution < -0.4 is 19.1 Å². The third-order valence-electron chi connectivity index (χ3n) is 5.40. The number of rotatable bonds is 8. The summed E-state index contributed by atoms with van der Waals surface area (Å²) in [6.07, 6.45) is 1.03. The zero-order valence-electron chi connectivity index (χ0n) is 21.1. The van der Waals surface area contributed by atoms with Crippen molar-refractivity contribution >= 4 is 43.5 Å². The van der Waals surface area contributed by atoms with E-state index in [2.05, 4.69) is 21.2 Å². The molecule has 2 amide bonds. The average molecular weight is 583 g/mol. The monoisotopic (exact) mass is 581 g/mol. The van der Waals surface area contributed by atoms with Gasteiger partial charge in [0.15, 0.2) is 11.5 Å². The average Bonchev–Trinajstić information content (AvgIpc) is 2.78. The topological polar surface area (TPSA) is 105 Å². The van der Waals surface area contributed by atoms with Crippen molar-refractivity contribution in [1.29, 1.82) is 0 Å². The summed E-state index contributed by atoms with van der Waals surface area (Å²) in [5.41, 5.74) is 0.558. The molecule has 11 heteroatoms. The standard InChI is InChI=1S/C25H32BrN3O6S/c1-17(24(31)27-25(2,3)4)28(15-18-7-6-8-19(26)13-18)23(30)16-29(36(5,32)33)20-9-10-21-22(14-20)35-12-11-34-21/h6-10,13-14,17H,11-12,15-16H2,1-5H3,(H,27,31). The van der Waals surface area contributed by atoms with E-state index in [-0.39, 0.29) is 18.1 Å². The van der Waals surface area contributed by atoms with E-state index in [1.807, 2.05) is 45.0 Å². The highest BCUT2D eigenvalue weighted by molar-refractivity contribution is 9.10. The summed E-state index contributed by atoms with van der Waals surface area (Å²) in [5, 5.41) is 2.90. The molecular formula is C25H32BrN3O6S. The van der Waals surface area contributed by atoms with Crippen molar-refractivity contribution in [3.05, 3.63) is 52.5 Å². The summed E-state index contributed by atoms with van der Waals surface area (Å²) < 4.78 is 38.4. The van der Waals surface area contributed by atoms with Crippen LogP contribution in [0.3, 0.4) is 0 Å². The maximum absolute atomic E-state index is 13.6. The molecule has 1 heterocycles. The van der Waals surface area contributed by atoms with E-state index in [9.17, 15) is 18.0 Å². The maximum Gasteiger partial charge on any atom is 0.244 e. The minimum atomic E-state index is -3.85. The second-order valence-corrected chi connectivity index (χ2v) is 12.5. The Balaban J connectivity index is 1.93. The molecule has 36 heavy (non-hydrogen) atoms. The van der Waals surface area contributed by atoms with Crippen LogP contribution in [0.1, 0.15) is 33.3 Å². The lowest BCUT2D eigenvalue weighted by Gasteiger charge is -2.33. The summed E-state index contributed by atoms with van der Waals surface area (Å²) in [6.45, 7) is 7.57. The third kappa shape index (κ3) is 7.36. The van der Waals surface area contributed by atoms with Crippen LogP contribution in [-0.4, -0.2) is 62.7 Å². The van der Waals surface area contributed by atoms with Gasteiger partial charge in [-0.15, -0.1) is 0 Å². The molecule has 0 saturated heterocycles. The van der Waals surface area contributed by atoms with Gasteiger partial charge in [0.05, 0.1) is 11.9 Å². The fraction of sp³-hybridized carbons (Fsp3) is 0.440. The molecule has 1 aliphatic rings. The molecular weight excluding hydrogens is 550 g/mol. The highest BCUT2D eigenvalue weighted by atomic mass is 79.9. The Morgan fingerprint density at radius 1 is 1.08 bits per heavy atom. The number of carbonyl (C=O) groups is 2. The van der Waals surface area contributed by atoms with Gasteiger partial charge in [-0.25, -0.2) is 8.42 Å². The SMILES string of the molecule is CC(C(=O)NC(C)(C)C)N(Cc1cccc(Br)c1)C(=O)CN(c1ccc2c(c1)OCCO2)S(C)(=O)=O. The molecule has 196 valence electrons. The van der Waals surface area contributed by atoms with E-state index in [0.717, 1.165) is 20.6 Å². The number of anilines is 1. The predicted octanol–water partition coefficient (Wildman–Crippen LogP) is 3.32. The smallest absolute Gasteiger partial charge is 0.244 e. The number of halogens is 1. The molecule has 0 saturated carbocycles. The molecule has 0 aliphatic carbocycles. The van der Waals surface area contributed by atoms with Gasteiger partial charge >= 0.3 is 0 Å². The predicted molar refractivity (Wildman–Crippen MR) is 142 cm³/mol. The normalized spacial score (nSPS) is 14.1. The number of nitrogens with one attached hydrogen (secondary N) is 1. The number of nitrogens with zero attached hydrogens (tertiary/aromatic N) is 2. The maximum atomic E-state index is 13.6. The molecule has 1 N–H and O–H groups in total. The molecule has 0 spiro atoms. The minimum Gasteiger partial charge on any atom is -0.486 e. The Morgan fingerprint density at radius 2 is 1.75 bits per heavy atom. The molecule has 1 atom stereocenters. The number of hydrogen-bond donors (Lipinski definition) is 1. The highest BCUT2D eigenvalue weighted by Crippen LogP contribution is 2.34. The minimum absolute atomic E-state index is 0.121. The van der Waals surface area contributed by atoms with Crippen LogP contribution in [-0.2, 0) is 26.2 Å². The lowest BCUT2D eigenvalue weighted by molar-refractivity contribution is -0.140. The van der Waals surface area contributed by atoms with Crippen LogP contribution in [0.2, 0.25) is 0 Å². The summed E-state index contributed by atoms with van der Waals surface area (Å²) in [5.74, 6) is 0.0558. The number of benzene rings is 2. The summed E-state index contributed by atoms with van der Waals surface area (Å²) >= 11 is 3.43. The quantitative estimate of drug-likeness (QED) is 0.512. The molecule has 2 aromatic rings. The second-order valence-electron chi connectivity index (χ2n) is 9.66. The zero-order chi connectivity index (χ0) is 26.7. The van der Waals surface area contributed by atoms with Crippen LogP contribution in [0.5, 0.6) is 11.5 Å². The van der Waals surface area contributed by atoms with Gasteiger partial charge in [0.25, 0.3) is 0 Å². The molecule has 0 fully saturated rings. The van der Waals surface area contributed by atoms with E-state index < -0.39 is 34.1 Å². The number of carbonyl (C=O) groups excluding carboxylic acids is 2. The van der Waals surface area contributed by atoms with Gasteiger partial charge in [-0.3, -0.25) is 13.9 Å². The van der Waals surface area contributed by atoms with Crippen molar-refractivity contribution in [2.45, 2.75) is 45.8 Å². The Hall–Kier alpha value is -2.79. The molecule has 0 bridgehead atoms. The van der Waals surface area contributed by atoms with Crippen LogP contribution in [0, 0.1) is 0 Å².